The van der Waals surface area contributed by atoms with Crippen LogP contribution in [0.4, 0.5) is 17.6 Å². The number of benzene rings is 1. The summed E-state index contributed by atoms with van der Waals surface area (Å²) >= 11 is 0. The van der Waals surface area contributed by atoms with Crippen molar-refractivity contribution in [2.75, 3.05) is 0 Å². The monoisotopic (exact) mass is 475 g/mol. The standard InChI is InChI=1S/C12H11F4N3O2.C8H12O2.C2H6/c1-19-11(21-7-4-2-3-6(13)5-7)8(10(17)20)9(18-19)12(14,15)16;1-3-5-6-7(4-2)8(9)10;1-2/h2-5,10,20H,17H2,1H3;4-6H,3H2,1-2H3,(H,9,10);1-2H3/b;6-5-,7-4+;. The van der Waals surface area contributed by atoms with Crippen LogP contribution in [0.15, 0.2) is 48.1 Å². The van der Waals surface area contributed by atoms with Crippen molar-refractivity contribution in [2.24, 2.45) is 12.8 Å². The number of carboxylic acid groups (broad SMARTS) is 1. The number of hydrogen-bond donors (Lipinski definition) is 3. The number of allylic oxidation sites excluding steroid dienone is 2. The molecule has 11 heteroatoms. The van der Waals surface area contributed by atoms with Crippen molar-refractivity contribution in [3.05, 3.63) is 65.1 Å². The Morgan fingerprint density at radius 2 is 1.94 bits per heavy atom. The fourth-order valence-corrected chi connectivity index (χ4v) is 2.30. The van der Waals surface area contributed by atoms with E-state index >= 15 is 0 Å². The number of aryl methyl sites for hydroxylation is 1. The van der Waals surface area contributed by atoms with Gasteiger partial charge >= 0.3 is 12.1 Å². The Bertz CT molecular complexity index is 952. The van der Waals surface area contributed by atoms with Gasteiger partial charge in [0.05, 0.1) is 11.1 Å². The quantitative estimate of drug-likeness (QED) is 0.225. The van der Waals surface area contributed by atoms with Crippen LogP contribution in [0.5, 0.6) is 11.6 Å². The Morgan fingerprint density at radius 3 is 2.36 bits per heavy atom. The molecule has 1 aromatic carbocycles. The minimum atomic E-state index is -4.81. The van der Waals surface area contributed by atoms with Crippen LogP contribution in [0.2, 0.25) is 0 Å². The van der Waals surface area contributed by atoms with Gasteiger partial charge in [-0.1, -0.05) is 45.1 Å². The van der Waals surface area contributed by atoms with Crippen LogP contribution in [0.25, 0.3) is 0 Å². The summed E-state index contributed by atoms with van der Waals surface area (Å²) in [4.78, 5) is 10.3. The van der Waals surface area contributed by atoms with Crippen LogP contribution in [-0.4, -0.2) is 26.0 Å². The number of nitrogens with two attached hydrogens (primary N) is 1. The van der Waals surface area contributed by atoms with Gasteiger partial charge in [0.2, 0.25) is 5.88 Å². The first-order chi connectivity index (χ1) is 15.4. The van der Waals surface area contributed by atoms with E-state index in [2.05, 4.69) is 5.10 Å². The van der Waals surface area contributed by atoms with Crippen LogP contribution >= 0.6 is 0 Å². The highest BCUT2D eigenvalue weighted by atomic mass is 19.4. The van der Waals surface area contributed by atoms with Gasteiger partial charge in [-0.2, -0.15) is 18.3 Å². The molecule has 2 rings (SSSR count). The molecule has 2 aromatic rings. The predicted molar refractivity (Wildman–Crippen MR) is 116 cm³/mol. The molecule has 0 saturated carbocycles. The van der Waals surface area contributed by atoms with E-state index in [-0.39, 0.29) is 5.75 Å². The zero-order valence-electron chi connectivity index (χ0n) is 19.0. The number of carbonyl (C=O) groups is 1. The van der Waals surface area contributed by atoms with Crippen LogP contribution in [0.1, 0.15) is 51.6 Å². The molecule has 0 bridgehead atoms. The Hall–Kier alpha value is -3.18. The molecule has 0 aliphatic heterocycles. The zero-order valence-corrected chi connectivity index (χ0v) is 19.0. The Morgan fingerprint density at radius 1 is 1.33 bits per heavy atom. The third-order valence-corrected chi connectivity index (χ3v) is 3.70. The summed E-state index contributed by atoms with van der Waals surface area (Å²) in [6.07, 6.45) is -0.874. The van der Waals surface area contributed by atoms with Gasteiger partial charge in [-0.05, 0) is 25.5 Å². The lowest BCUT2D eigenvalue weighted by Crippen LogP contribution is -2.16. The van der Waals surface area contributed by atoms with E-state index in [0.29, 0.717) is 5.57 Å². The van der Waals surface area contributed by atoms with E-state index in [9.17, 15) is 27.5 Å². The highest BCUT2D eigenvalue weighted by molar-refractivity contribution is 5.89. The van der Waals surface area contributed by atoms with Crippen molar-refractivity contribution < 1.29 is 37.3 Å². The number of aliphatic carboxylic acids is 1. The Labute approximate surface area is 189 Å². The zero-order chi connectivity index (χ0) is 25.8. The fourth-order valence-electron chi connectivity index (χ4n) is 2.30. The lowest BCUT2D eigenvalue weighted by Gasteiger charge is -2.11. The van der Waals surface area contributed by atoms with Crippen LogP contribution < -0.4 is 10.5 Å². The molecule has 0 saturated heterocycles. The largest absolute Gasteiger partial charge is 0.478 e. The summed E-state index contributed by atoms with van der Waals surface area (Å²) in [6.45, 7) is 7.68. The minimum absolute atomic E-state index is 0.0476. The maximum Gasteiger partial charge on any atom is 0.435 e. The first-order valence-electron chi connectivity index (χ1n) is 9.99. The minimum Gasteiger partial charge on any atom is -0.478 e. The molecule has 0 aliphatic carbocycles. The molecule has 0 amide bonds. The van der Waals surface area contributed by atoms with E-state index in [1.54, 1.807) is 19.1 Å². The molecule has 33 heavy (non-hydrogen) atoms. The molecular formula is C22H29F4N3O4. The van der Waals surface area contributed by atoms with Crippen molar-refractivity contribution in [1.82, 2.24) is 9.78 Å². The van der Waals surface area contributed by atoms with Gasteiger partial charge in [-0.3, -0.25) is 0 Å². The van der Waals surface area contributed by atoms with Crippen LogP contribution in [0.3, 0.4) is 0 Å². The highest BCUT2D eigenvalue weighted by Crippen LogP contribution is 2.39. The first-order valence-corrected chi connectivity index (χ1v) is 9.99. The van der Waals surface area contributed by atoms with E-state index in [4.69, 9.17) is 15.6 Å². The molecule has 0 spiro atoms. The van der Waals surface area contributed by atoms with Gasteiger partial charge in [-0.15, -0.1) is 0 Å². The number of rotatable bonds is 6. The summed E-state index contributed by atoms with van der Waals surface area (Å²) in [7, 11) is 1.19. The third-order valence-electron chi connectivity index (χ3n) is 3.70. The number of hydrogen-bond acceptors (Lipinski definition) is 5. The normalized spacial score (nSPS) is 12.4. The predicted octanol–water partition coefficient (Wildman–Crippen LogP) is 5.33. The number of aromatic nitrogens is 2. The molecule has 0 fully saturated rings. The summed E-state index contributed by atoms with van der Waals surface area (Å²) in [5, 5.41) is 21.1. The number of aliphatic hydroxyl groups excluding tert-OH is 1. The van der Waals surface area contributed by atoms with Gasteiger partial charge in [0.15, 0.2) is 5.69 Å². The molecule has 1 heterocycles. The Kier molecular flexibility index (Phi) is 12.7. The number of ether oxygens (including phenoxy) is 1. The van der Waals surface area contributed by atoms with E-state index in [1.165, 1.54) is 19.2 Å². The summed E-state index contributed by atoms with van der Waals surface area (Å²) in [5.74, 6) is -1.95. The number of carboxylic acids is 1. The number of aliphatic hydroxyl groups is 1. The van der Waals surface area contributed by atoms with E-state index < -0.39 is 41.3 Å². The molecule has 184 valence electrons. The average Bonchev–Trinajstić information content (AvgIpc) is 3.07. The van der Waals surface area contributed by atoms with E-state index in [1.807, 2.05) is 26.8 Å². The van der Waals surface area contributed by atoms with Crippen molar-refractivity contribution in [2.45, 2.75) is 46.5 Å². The van der Waals surface area contributed by atoms with Gasteiger partial charge in [0.1, 0.15) is 17.8 Å². The average molecular weight is 475 g/mol. The van der Waals surface area contributed by atoms with Crippen molar-refractivity contribution in [1.29, 1.82) is 0 Å². The number of alkyl halides is 3. The fraction of sp³-hybridized carbons (Fsp3) is 0.364. The summed E-state index contributed by atoms with van der Waals surface area (Å²) in [5.41, 5.74) is 3.44. The molecule has 0 radical (unpaired) electrons. The topological polar surface area (TPSA) is 111 Å². The molecule has 1 aromatic heterocycles. The number of nitrogens with zero attached hydrogens (tertiary/aromatic N) is 2. The highest BCUT2D eigenvalue weighted by Gasteiger charge is 2.41. The van der Waals surface area contributed by atoms with Gasteiger partial charge in [-0.25, -0.2) is 13.9 Å². The summed E-state index contributed by atoms with van der Waals surface area (Å²) < 4.78 is 57.6. The maximum atomic E-state index is 13.1. The lowest BCUT2D eigenvalue weighted by molar-refractivity contribution is -0.143. The molecule has 1 atom stereocenters. The second kappa shape index (κ2) is 14.1. The second-order valence-electron chi connectivity index (χ2n) is 6.05. The molecule has 0 aliphatic rings. The molecule has 1 unspecified atom stereocenters. The molecular weight excluding hydrogens is 446 g/mol. The first kappa shape index (κ1) is 29.8. The summed E-state index contributed by atoms with van der Waals surface area (Å²) in [6, 6.07) is 4.79. The van der Waals surface area contributed by atoms with E-state index in [0.717, 1.165) is 23.2 Å². The molecule has 7 nitrogen and oxygen atoms in total. The van der Waals surface area contributed by atoms with Crippen molar-refractivity contribution in [3.63, 3.8) is 0 Å². The molecule has 4 N–H and O–H groups in total. The van der Waals surface area contributed by atoms with Gasteiger partial charge in [0, 0.05) is 13.1 Å². The maximum absolute atomic E-state index is 13.1. The van der Waals surface area contributed by atoms with Crippen LogP contribution in [0, 0.1) is 5.82 Å². The van der Waals surface area contributed by atoms with Gasteiger partial charge in [0.25, 0.3) is 0 Å². The van der Waals surface area contributed by atoms with Crippen molar-refractivity contribution in [3.8, 4) is 11.6 Å². The third kappa shape index (κ3) is 9.46. The number of halogens is 4. The van der Waals surface area contributed by atoms with Crippen LogP contribution in [-0.2, 0) is 18.0 Å². The van der Waals surface area contributed by atoms with Gasteiger partial charge < -0.3 is 20.7 Å². The Balaban J connectivity index is 0.000000722. The lowest BCUT2D eigenvalue weighted by atomic mass is 10.2. The van der Waals surface area contributed by atoms with Crippen molar-refractivity contribution >= 4 is 5.97 Å². The second-order valence-corrected chi connectivity index (χ2v) is 6.05. The smallest absolute Gasteiger partial charge is 0.435 e. The SMILES string of the molecule is C/C=C(\C=C/CC)C(=O)O.CC.Cn1nc(C(F)(F)F)c(C(N)O)c1Oc1cccc(F)c1.